The van der Waals surface area contributed by atoms with Crippen molar-refractivity contribution in [3.8, 4) is 0 Å². The first kappa shape index (κ1) is 32.0. The number of aliphatic hydroxyl groups excluding tert-OH is 1. The zero-order chi connectivity index (χ0) is 31.2. The minimum absolute atomic E-state index is 0.0521. The molecule has 2 aliphatic heterocycles. The number of hydrogen-bond acceptors (Lipinski definition) is 5. The number of rotatable bonds is 8. The molecule has 1 amide bonds. The number of ether oxygens (including phenoxy) is 2. The van der Waals surface area contributed by atoms with E-state index in [2.05, 4.69) is 10.2 Å². The molecule has 3 aromatic rings. The molecule has 0 unspecified atom stereocenters. The van der Waals surface area contributed by atoms with Crippen molar-refractivity contribution in [3.63, 3.8) is 0 Å². The lowest BCUT2D eigenvalue weighted by Crippen LogP contribution is -2.40. The van der Waals surface area contributed by atoms with Gasteiger partial charge >= 0.3 is 0 Å². The van der Waals surface area contributed by atoms with Crippen LogP contribution in [0.2, 0.25) is 0 Å². The van der Waals surface area contributed by atoms with Crippen molar-refractivity contribution < 1.29 is 41.3 Å². The van der Waals surface area contributed by atoms with Crippen LogP contribution in [0.3, 0.4) is 0 Å². The molecule has 2 fully saturated rings. The minimum atomic E-state index is -2.33. The van der Waals surface area contributed by atoms with Gasteiger partial charge in [-0.3, -0.25) is 4.79 Å². The Labute approximate surface area is 252 Å². The molecule has 0 aliphatic carbocycles. The Morgan fingerprint density at radius 3 is 1.91 bits per heavy atom. The molecule has 44 heavy (non-hydrogen) atoms. The molecule has 0 aromatic heterocycles. The summed E-state index contributed by atoms with van der Waals surface area (Å²) in [6.45, 7) is 2.54. The standard InChI is InChI=1S/C33H35F5N2O4/c34-27-26(28(35)30(37)31(38)29(27)36)32(42)39-17-20-6-12-23(13-7-20)33-43-24(18-40-14-4-2-1-3-5-15-40)16-25(44-33)22-10-8-21(19-41)9-11-22/h6-13,24-25,33,41H,1-5,14-19H2,(H,39,42)/t24-,25+,33+/m1/s1. The monoisotopic (exact) mass is 618 g/mol. The van der Waals surface area contributed by atoms with Crippen LogP contribution < -0.4 is 5.32 Å². The number of amides is 1. The molecule has 0 radical (unpaired) electrons. The highest BCUT2D eigenvalue weighted by Crippen LogP contribution is 2.38. The summed E-state index contributed by atoms with van der Waals surface area (Å²) in [5, 5.41) is 11.7. The van der Waals surface area contributed by atoms with Gasteiger partial charge in [-0.1, -0.05) is 67.8 Å². The van der Waals surface area contributed by atoms with E-state index in [0.29, 0.717) is 17.5 Å². The van der Waals surface area contributed by atoms with Crippen LogP contribution in [-0.4, -0.2) is 41.7 Å². The van der Waals surface area contributed by atoms with Gasteiger partial charge in [-0.25, -0.2) is 22.0 Å². The Bertz CT molecular complexity index is 1400. The molecule has 6 nitrogen and oxygen atoms in total. The molecular formula is C33H35F5N2O4. The van der Waals surface area contributed by atoms with Crippen LogP contribution in [0.4, 0.5) is 22.0 Å². The first-order valence-electron chi connectivity index (χ1n) is 14.9. The molecule has 2 aliphatic rings. The van der Waals surface area contributed by atoms with Gasteiger partial charge in [0.1, 0.15) is 5.56 Å². The number of aliphatic hydroxyl groups is 1. The normalized spacial score (nSPS) is 21.5. The van der Waals surface area contributed by atoms with Crippen LogP contribution in [0.1, 0.15) is 83.5 Å². The first-order chi connectivity index (χ1) is 21.2. The topological polar surface area (TPSA) is 71.0 Å². The van der Waals surface area contributed by atoms with Crippen molar-refractivity contribution in [3.05, 3.63) is 105 Å². The van der Waals surface area contributed by atoms with E-state index in [4.69, 9.17) is 9.47 Å². The van der Waals surface area contributed by atoms with Crippen LogP contribution in [0, 0.1) is 29.1 Å². The SMILES string of the molecule is O=C(NCc1ccc([C@H]2O[C@@H](CN3CCCCCCC3)C[C@@H](c3ccc(CO)cc3)O2)cc1)c1c(F)c(F)c(F)c(F)c1F. The van der Waals surface area contributed by atoms with E-state index in [-0.39, 0.29) is 25.4 Å². The summed E-state index contributed by atoms with van der Waals surface area (Å²) in [7, 11) is 0. The lowest BCUT2D eigenvalue weighted by Gasteiger charge is -2.38. The van der Waals surface area contributed by atoms with Crippen LogP contribution in [0.5, 0.6) is 0 Å². The van der Waals surface area contributed by atoms with Gasteiger partial charge in [0.25, 0.3) is 5.91 Å². The lowest BCUT2D eigenvalue weighted by atomic mass is 9.99. The van der Waals surface area contributed by atoms with Crippen molar-refractivity contribution in [1.82, 2.24) is 10.2 Å². The number of likely N-dealkylation sites (tertiary alicyclic amines) is 1. The third-order valence-electron chi connectivity index (χ3n) is 8.17. The van der Waals surface area contributed by atoms with Gasteiger partial charge < -0.3 is 24.8 Å². The lowest BCUT2D eigenvalue weighted by molar-refractivity contribution is -0.253. The third kappa shape index (κ3) is 7.46. The predicted octanol–water partition coefficient (Wildman–Crippen LogP) is 6.62. The Morgan fingerprint density at radius 2 is 1.30 bits per heavy atom. The number of carbonyl (C=O) groups is 1. The van der Waals surface area contributed by atoms with Crippen LogP contribution in [0.15, 0.2) is 48.5 Å². The maximum absolute atomic E-state index is 14.0. The van der Waals surface area contributed by atoms with Gasteiger partial charge in [-0.05, 0) is 42.6 Å². The molecular weight excluding hydrogens is 583 g/mol. The Morgan fingerprint density at radius 1 is 0.750 bits per heavy atom. The second-order valence-electron chi connectivity index (χ2n) is 11.3. The fraction of sp³-hybridized carbons (Fsp3) is 0.424. The summed E-state index contributed by atoms with van der Waals surface area (Å²) >= 11 is 0. The number of halogens is 5. The highest BCUT2D eigenvalue weighted by molar-refractivity contribution is 5.94. The van der Waals surface area contributed by atoms with Crippen molar-refractivity contribution in [1.29, 1.82) is 0 Å². The van der Waals surface area contributed by atoms with E-state index < -0.39 is 46.8 Å². The first-order valence-corrected chi connectivity index (χ1v) is 14.9. The Hall–Kier alpha value is -3.38. The van der Waals surface area contributed by atoms with Crippen molar-refractivity contribution in [2.75, 3.05) is 19.6 Å². The number of benzene rings is 3. The van der Waals surface area contributed by atoms with Gasteiger partial charge in [0, 0.05) is 25.1 Å². The summed E-state index contributed by atoms with van der Waals surface area (Å²) in [5.41, 5.74) is 1.48. The van der Waals surface area contributed by atoms with Gasteiger partial charge in [0.05, 0.1) is 18.8 Å². The van der Waals surface area contributed by atoms with Gasteiger partial charge in [0.2, 0.25) is 5.82 Å². The summed E-state index contributed by atoms with van der Waals surface area (Å²) in [6.07, 6.45) is 5.64. The molecule has 236 valence electrons. The molecule has 0 spiro atoms. The third-order valence-corrected chi connectivity index (χ3v) is 8.17. The number of hydrogen-bond donors (Lipinski definition) is 2. The van der Waals surface area contributed by atoms with Gasteiger partial charge in [-0.2, -0.15) is 0 Å². The zero-order valence-electron chi connectivity index (χ0n) is 24.1. The Balaban J connectivity index is 1.28. The van der Waals surface area contributed by atoms with Crippen LogP contribution in [-0.2, 0) is 22.6 Å². The van der Waals surface area contributed by atoms with Gasteiger partial charge in [0.15, 0.2) is 29.6 Å². The fourth-order valence-electron chi connectivity index (χ4n) is 5.68. The van der Waals surface area contributed by atoms with E-state index in [0.717, 1.165) is 43.6 Å². The number of nitrogens with zero attached hydrogens (tertiary/aromatic N) is 1. The van der Waals surface area contributed by atoms with Crippen LogP contribution >= 0.6 is 0 Å². The average Bonchev–Trinajstić information content (AvgIpc) is 3.03. The smallest absolute Gasteiger partial charge is 0.257 e. The maximum Gasteiger partial charge on any atom is 0.257 e. The molecule has 2 heterocycles. The minimum Gasteiger partial charge on any atom is -0.392 e. The Kier molecular flexibility index (Phi) is 10.6. The molecule has 2 N–H and O–H groups in total. The summed E-state index contributed by atoms with van der Waals surface area (Å²) in [6, 6.07) is 14.4. The second kappa shape index (κ2) is 14.6. The molecule has 0 bridgehead atoms. The molecule has 5 rings (SSSR count). The highest BCUT2D eigenvalue weighted by atomic mass is 19.2. The molecule has 2 saturated heterocycles. The van der Waals surface area contributed by atoms with E-state index in [9.17, 15) is 31.9 Å². The summed E-state index contributed by atoms with van der Waals surface area (Å²) in [5.74, 6) is -12.5. The second-order valence-corrected chi connectivity index (χ2v) is 11.3. The average molecular weight is 619 g/mol. The largest absolute Gasteiger partial charge is 0.392 e. The fourth-order valence-corrected chi connectivity index (χ4v) is 5.68. The van der Waals surface area contributed by atoms with E-state index in [1.165, 1.54) is 19.3 Å². The van der Waals surface area contributed by atoms with Crippen LogP contribution in [0.25, 0.3) is 0 Å². The molecule has 11 heteroatoms. The number of nitrogens with one attached hydrogen (secondary N) is 1. The van der Waals surface area contributed by atoms with E-state index in [1.54, 1.807) is 24.3 Å². The summed E-state index contributed by atoms with van der Waals surface area (Å²) < 4.78 is 81.3. The maximum atomic E-state index is 14.0. The van der Waals surface area contributed by atoms with Crippen molar-refractivity contribution >= 4 is 5.91 Å². The zero-order valence-corrected chi connectivity index (χ0v) is 24.1. The quantitative estimate of drug-likeness (QED) is 0.169. The van der Waals surface area contributed by atoms with Crippen molar-refractivity contribution in [2.24, 2.45) is 0 Å². The molecule has 3 aromatic carbocycles. The van der Waals surface area contributed by atoms with E-state index >= 15 is 0 Å². The number of carbonyl (C=O) groups excluding carboxylic acids is 1. The van der Waals surface area contributed by atoms with Crippen molar-refractivity contribution in [2.45, 2.75) is 70.2 Å². The predicted molar refractivity (Wildman–Crippen MR) is 152 cm³/mol. The highest BCUT2D eigenvalue weighted by Gasteiger charge is 2.33. The molecule has 3 atom stereocenters. The van der Waals surface area contributed by atoms with Gasteiger partial charge in [-0.15, -0.1) is 0 Å². The summed E-state index contributed by atoms with van der Waals surface area (Å²) in [4.78, 5) is 14.8. The molecule has 0 saturated carbocycles. The van der Waals surface area contributed by atoms with E-state index in [1.807, 2.05) is 24.3 Å².